The highest BCUT2D eigenvalue weighted by Crippen LogP contribution is 2.35. The molecule has 0 amide bonds. The molecule has 7 aromatic carbocycles. The summed E-state index contributed by atoms with van der Waals surface area (Å²) in [6.45, 7) is 8.64. The van der Waals surface area contributed by atoms with Crippen molar-refractivity contribution in [2.24, 2.45) is 0 Å². The van der Waals surface area contributed by atoms with Crippen LogP contribution in [0.5, 0.6) is 0 Å². The molecule has 0 saturated carbocycles. The highest BCUT2D eigenvalue weighted by molar-refractivity contribution is 5.79. The van der Waals surface area contributed by atoms with Crippen molar-refractivity contribution in [2.45, 2.75) is 40.0 Å². The quantitative estimate of drug-likeness (QED) is 0.123. The SMILES string of the molecule is Cc1cccc(C(Cc2ccc(C=Cc3ccc(C=Cc4ccc(N(c5cccc(C)c5)c5cccc(C)c5)cc4)cc3)cc2)c2cccc(C)c2)c1. The minimum absolute atomic E-state index is 0.321. The molecule has 7 aromatic rings. The Kier molecular flexibility index (Phi) is 10.9. The second-order valence-electron chi connectivity index (χ2n) is 14.3. The van der Waals surface area contributed by atoms with Crippen LogP contribution in [0, 0.1) is 27.7 Å². The molecule has 0 fully saturated rings. The van der Waals surface area contributed by atoms with Crippen molar-refractivity contribution >= 4 is 41.4 Å². The Labute approximate surface area is 316 Å². The molecular formula is C52H47N. The summed E-state index contributed by atoms with van der Waals surface area (Å²) in [4.78, 5) is 2.32. The largest absolute Gasteiger partial charge is 0.310 e. The Balaban J connectivity index is 0.999. The second-order valence-corrected chi connectivity index (χ2v) is 14.3. The summed E-state index contributed by atoms with van der Waals surface area (Å²) in [7, 11) is 0. The topological polar surface area (TPSA) is 3.24 Å². The summed E-state index contributed by atoms with van der Waals surface area (Å²) in [5, 5.41) is 0. The third-order valence-corrected chi connectivity index (χ3v) is 9.85. The highest BCUT2D eigenvalue weighted by Gasteiger charge is 2.16. The Bertz CT molecular complexity index is 2250. The van der Waals surface area contributed by atoms with Crippen LogP contribution in [0.15, 0.2) is 170 Å². The van der Waals surface area contributed by atoms with Gasteiger partial charge < -0.3 is 4.90 Å². The molecule has 0 aromatic heterocycles. The minimum atomic E-state index is 0.321. The maximum atomic E-state index is 2.33. The van der Waals surface area contributed by atoms with E-state index in [1.165, 1.54) is 61.2 Å². The van der Waals surface area contributed by atoms with E-state index in [0.717, 1.165) is 23.5 Å². The monoisotopic (exact) mass is 685 g/mol. The van der Waals surface area contributed by atoms with E-state index in [0.29, 0.717) is 5.92 Å². The Morgan fingerprint density at radius 2 is 0.736 bits per heavy atom. The average Bonchev–Trinajstić information content (AvgIpc) is 3.17. The van der Waals surface area contributed by atoms with Gasteiger partial charge in [0.15, 0.2) is 0 Å². The van der Waals surface area contributed by atoms with Crippen molar-refractivity contribution in [1.29, 1.82) is 0 Å². The van der Waals surface area contributed by atoms with Crippen LogP contribution in [0.1, 0.15) is 67.1 Å². The number of hydrogen-bond donors (Lipinski definition) is 0. The van der Waals surface area contributed by atoms with E-state index >= 15 is 0 Å². The third-order valence-electron chi connectivity index (χ3n) is 9.85. The zero-order valence-corrected chi connectivity index (χ0v) is 31.2. The number of anilines is 3. The summed E-state index contributed by atoms with van der Waals surface area (Å²) < 4.78 is 0. The summed E-state index contributed by atoms with van der Waals surface area (Å²) in [5.74, 6) is 0.321. The van der Waals surface area contributed by atoms with Gasteiger partial charge in [0.1, 0.15) is 0 Å². The van der Waals surface area contributed by atoms with E-state index in [1.54, 1.807) is 0 Å². The lowest BCUT2D eigenvalue weighted by Crippen LogP contribution is -2.10. The Hall–Kier alpha value is -6.18. The van der Waals surface area contributed by atoms with E-state index in [-0.39, 0.29) is 0 Å². The van der Waals surface area contributed by atoms with Gasteiger partial charge in [-0.25, -0.2) is 0 Å². The predicted molar refractivity (Wildman–Crippen MR) is 229 cm³/mol. The van der Waals surface area contributed by atoms with E-state index in [4.69, 9.17) is 0 Å². The van der Waals surface area contributed by atoms with Crippen molar-refractivity contribution in [3.8, 4) is 0 Å². The fourth-order valence-electron chi connectivity index (χ4n) is 7.02. The maximum absolute atomic E-state index is 2.33. The molecule has 0 saturated heterocycles. The molecule has 0 aliphatic heterocycles. The normalized spacial score (nSPS) is 11.5. The maximum Gasteiger partial charge on any atom is 0.0464 e. The van der Waals surface area contributed by atoms with Crippen molar-refractivity contribution in [3.63, 3.8) is 0 Å². The van der Waals surface area contributed by atoms with Crippen molar-refractivity contribution in [2.75, 3.05) is 4.90 Å². The standard InChI is InChI=1S/C52H47N/c1-38-9-5-13-47(33-38)52(48-14-6-10-39(2)34-48)37-46-27-25-44(26-28-46)22-21-42-17-19-43(20-18-42)23-24-45-29-31-49(32-30-45)53(50-15-7-11-40(3)35-50)51-16-8-12-41(4)36-51/h5-36,52H,37H2,1-4H3. The molecule has 0 aliphatic carbocycles. The van der Waals surface area contributed by atoms with Crippen LogP contribution in [0.3, 0.4) is 0 Å². The second kappa shape index (κ2) is 16.4. The minimum Gasteiger partial charge on any atom is -0.310 e. The zero-order valence-electron chi connectivity index (χ0n) is 31.2. The molecule has 0 radical (unpaired) electrons. The van der Waals surface area contributed by atoms with Crippen molar-refractivity contribution in [3.05, 3.63) is 231 Å². The smallest absolute Gasteiger partial charge is 0.0464 e. The molecule has 0 bridgehead atoms. The fraction of sp³-hybridized carbons (Fsp3) is 0.115. The molecular weight excluding hydrogens is 639 g/mol. The molecule has 0 atom stereocenters. The lowest BCUT2D eigenvalue weighted by Gasteiger charge is -2.26. The number of nitrogens with zero attached hydrogens (tertiary/aromatic N) is 1. The van der Waals surface area contributed by atoms with Crippen LogP contribution < -0.4 is 4.90 Å². The summed E-state index contributed by atoms with van der Waals surface area (Å²) >= 11 is 0. The van der Waals surface area contributed by atoms with Gasteiger partial charge in [0.25, 0.3) is 0 Å². The zero-order chi connectivity index (χ0) is 36.6. The summed E-state index contributed by atoms with van der Waals surface area (Å²) in [6, 6.07) is 61.8. The molecule has 53 heavy (non-hydrogen) atoms. The lowest BCUT2D eigenvalue weighted by atomic mass is 9.85. The molecule has 0 spiro atoms. The summed E-state index contributed by atoms with van der Waals surface area (Å²) in [6.07, 6.45) is 9.72. The van der Waals surface area contributed by atoms with E-state index in [1.807, 2.05) is 0 Å². The van der Waals surface area contributed by atoms with Gasteiger partial charge in [-0.3, -0.25) is 0 Å². The van der Waals surface area contributed by atoms with Crippen LogP contribution >= 0.6 is 0 Å². The molecule has 0 aliphatic rings. The van der Waals surface area contributed by atoms with Crippen LogP contribution in [0.25, 0.3) is 24.3 Å². The van der Waals surface area contributed by atoms with E-state index in [9.17, 15) is 0 Å². The molecule has 1 heteroatoms. The number of hydrogen-bond acceptors (Lipinski definition) is 1. The van der Waals surface area contributed by atoms with Gasteiger partial charge >= 0.3 is 0 Å². The van der Waals surface area contributed by atoms with Crippen molar-refractivity contribution in [1.82, 2.24) is 0 Å². The van der Waals surface area contributed by atoms with Crippen LogP contribution in [-0.4, -0.2) is 0 Å². The molecule has 1 nitrogen and oxygen atoms in total. The van der Waals surface area contributed by atoms with Crippen LogP contribution in [-0.2, 0) is 6.42 Å². The van der Waals surface area contributed by atoms with Crippen LogP contribution in [0.2, 0.25) is 0 Å². The van der Waals surface area contributed by atoms with E-state index < -0.39 is 0 Å². The van der Waals surface area contributed by atoms with E-state index in [2.05, 4.69) is 227 Å². The van der Waals surface area contributed by atoms with Crippen molar-refractivity contribution < 1.29 is 0 Å². The predicted octanol–water partition coefficient (Wildman–Crippen LogP) is 14.1. The molecule has 0 unspecified atom stereocenters. The molecule has 7 rings (SSSR count). The van der Waals surface area contributed by atoms with Gasteiger partial charge in [-0.1, -0.05) is 169 Å². The first-order valence-corrected chi connectivity index (χ1v) is 18.6. The Morgan fingerprint density at radius 1 is 0.377 bits per heavy atom. The molecule has 0 heterocycles. The first-order chi connectivity index (χ1) is 25.9. The van der Waals surface area contributed by atoms with Gasteiger partial charge in [-0.05, 0) is 121 Å². The van der Waals surface area contributed by atoms with Crippen LogP contribution in [0.4, 0.5) is 17.1 Å². The van der Waals surface area contributed by atoms with Gasteiger partial charge in [-0.15, -0.1) is 0 Å². The van der Waals surface area contributed by atoms with Gasteiger partial charge in [0.2, 0.25) is 0 Å². The van der Waals surface area contributed by atoms with Gasteiger partial charge in [0, 0.05) is 23.0 Å². The fourth-order valence-corrected chi connectivity index (χ4v) is 7.02. The summed E-state index contributed by atoms with van der Waals surface area (Å²) in [5.41, 5.74) is 17.3. The number of benzene rings is 7. The first kappa shape index (κ1) is 35.2. The molecule has 260 valence electrons. The molecule has 0 N–H and O–H groups in total. The number of aryl methyl sites for hydroxylation is 4. The first-order valence-electron chi connectivity index (χ1n) is 18.6. The Morgan fingerprint density at radius 3 is 1.13 bits per heavy atom. The lowest BCUT2D eigenvalue weighted by molar-refractivity contribution is 0.803. The van der Waals surface area contributed by atoms with Gasteiger partial charge in [-0.2, -0.15) is 0 Å². The average molecular weight is 686 g/mol. The highest BCUT2D eigenvalue weighted by atomic mass is 15.1. The third kappa shape index (κ3) is 9.19. The van der Waals surface area contributed by atoms with Gasteiger partial charge in [0.05, 0.1) is 0 Å². The number of rotatable bonds is 11.